The quantitative estimate of drug-likeness (QED) is 0.545. The largest absolute Gasteiger partial charge is 0.481 e. The van der Waals surface area contributed by atoms with Gasteiger partial charge in [-0.2, -0.15) is 0 Å². The van der Waals surface area contributed by atoms with Gasteiger partial charge in [-0.1, -0.05) is 18.2 Å². The third-order valence-corrected chi connectivity index (χ3v) is 6.90. The van der Waals surface area contributed by atoms with E-state index >= 15 is 0 Å². The number of carboxylic acids is 1. The minimum absolute atomic E-state index is 0.133. The van der Waals surface area contributed by atoms with Crippen LogP contribution in [0, 0.1) is 0 Å². The summed E-state index contributed by atoms with van der Waals surface area (Å²) in [5.74, 6) is 0.0826. The average molecular weight is 407 g/mol. The topological polar surface area (TPSA) is 43.8 Å². The summed E-state index contributed by atoms with van der Waals surface area (Å²) in [7, 11) is 2.12. The minimum Gasteiger partial charge on any atom is -0.481 e. The second-order valence-electron chi connectivity index (χ2n) is 5.95. The van der Waals surface area contributed by atoms with Crippen molar-refractivity contribution in [3.63, 3.8) is 0 Å². The molecule has 0 aliphatic carbocycles. The molecule has 0 amide bonds. The van der Waals surface area contributed by atoms with E-state index in [1.54, 1.807) is 23.7 Å². The number of carbonyl (C=O) groups is 1. The first-order valence-electron chi connectivity index (χ1n) is 8.30. The van der Waals surface area contributed by atoms with Crippen LogP contribution in [0.3, 0.4) is 0 Å². The molecule has 1 N–H and O–H groups in total. The molecule has 0 saturated carbocycles. The maximum absolute atomic E-state index is 10.8. The summed E-state index contributed by atoms with van der Waals surface area (Å²) in [6.07, 6.45) is 2.08. The molecule has 0 atom stereocenters. The molecule has 0 spiro atoms. The molecular weight excluding hydrogens is 384 g/mol. The number of hydrogen-bond acceptors (Lipinski definition) is 6. The Kier molecular flexibility index (Phi) is 6.80. The van der Waals surface area contributed by atoms with Crippen molar-refractivity contribution in [3.05, 3.63) is 48.0 Å². The van der Waals surface area contributed by atoms with Crippen LogP contribution in [0.25, 0.3) is 0 Å². The number of hydrogen-bond donors (Lipinski definition) is 1. The zero-order chi connectivity index (χ0) is 18.5. The number of para-hydroxylation sites is 1. The van der Waals surface area contributed by atoms with Gasteiger partial charge in [0.15, 0.2) is 0 Å². The molecule has 1 aliphatic heterocycles. The molecule has 26 heavy (non-hydrogen) atoms. The number of anilines is 2. The number of likely N-dealkylation sites (N-methyl/N-ethyl adjacent to an activating group) is 1. The number of fused-ring (bicyclic) bond motifs is 1. The van der Waals surface area contributed by atoms with Gasteiger partial charge in [-0.05, 0) is 55.1 Å². The molecule has 2 aromatic rings. The molecule has 0 bridgehead atoms. The first-order valence-corrected chi connectivity index (χ1v) is 11.5. The first-order chi connectivity index (χ1) is 12.6. The van der Waals surface area contributed by atoms with Crippen molar-refractivity contribution in [2.75, 3.05) is 37.0 Å². The highest BCUT2D eigenvalue weighted by atomic mass is 32.2. The Morgan fingerprint density at radius 1 is 1.23 bits per heavy atom. The van der Waals surface area contributed by atoms with Crippen molar-refractivity contribution < 1.29 is 9.90 Å². The van der Waals surface area contributed by atoms with E-state index in [2.05, 4.69) is 58.9 Å². The number of aliphatic carboxylic acids is 1. The van der Waals surface area contributed by atoms with Crippen LogP contribution in [0.4, 0.5) is 11.4 Å². The fourth-order valence-electron chi connectivity index (χ4n) is 2.88. The third kappa shape index (κ3) is 4.71. The summed E-state index contributed by atoms with van der Waals surface area (Å²) in [6.45, 7) is 1.90. The third-order valence-electron chi connectivity index (χ3n) is 4.10. The molecule has 1 aliphatic rings. The normalized spacial score (nSPS) is 14.8. The van der Waals surface area contributed by atoms with Gasteiger partial charge in [-0.25, -0.2) is 4.31 Å². The summed E-state index contributed by atoms with van der Waals surface area (Å²) in [6, 6.07) is 15.0. The number of nitrogens with zero attached hydrogens (tertiary/aromatic N) is 2. The van der Waals surface area contributed by atoms with E-state index < -0.39 is 5.97 Å². The van der Waals surface area contributed by atoms with Gasteiger partial charge in [-0.15, -0.1) is 23.5 Å². The number of carboxylic acid groups (broad SMARTS) is 1. The zero-order valence-corrected chi connectivity index (χ0v) is 17.3. The Morgan fingerprint density at radius 3 is 2.69 bits per heavy atom. The summed E-state index contributed by atoms with van der Waals surface area (Å²) in [5, 5.41) is 8.90. The number of thioether (sulfide) groups is 2. The molecular formula is C19H22N2O2S3. The minimum atomic E-state index is -0.764. The predicted molar refractivity (Wildman–Crippen MR) is 114 cm³/mol. The van der Waals surface area contributed by atoms with Gasteiger partial charge < -0.3 is 10.0 Å². The van der Waals surface area contributed by atoms with Crippen molar-refractivity contribution >= 4 is 52.8 Å². The molecule has 0 fully saturated rings. The summed E-state index contributed by atoms with van der Waals surface area (Å²) in [5.41, 5.74) is 3.63. The van der Waals surface area contributed by atoms with Gasteiger partial charge in [0.2, 0.25) is 0 Å². The lowest BCUT2D eigenvalue weighted by Gasteiger charge is -2.25. The Balaban J connectivity index is 1.98. The van der Waals surface area contributed by atoms with E-state index in [-0.39, 0.29) is 5.75 Å². The smallest absolute Gasteiger partial charge is 0.313 e. The van der Waals surface area contributed by atoms with E-state index in [0.29, 0.717) is 5.75 Å². The van der Waals surface area contributed by atoms with Gasteiger partial charge in [0.25, 0.3) is 0 Å². The standard InChI is InChI=1S/C19H22N2O2S3/c1-20-8-9-21(15-6-4-3-5-7-15)16-11-17(24-2)14(10-18(16)26-20)12-25-13-19(22)23/h3-7,10-11H,8-9,12-13H2,1-2H3,(H,22,23). The maximum Gasteiger partial charge on any atom is 0.313 e. The summed E-state index contributed by atoms with van der Waals surface area (Å²) in [4.78, 5) is 15.6. The highest BCUT2D eigenvalue weighted by molar-refractivity contribution is 7.99. The van der Waals surface area contributed by atoms with E-state index in [1.165, 1.54) is 38.5 Å². The van der Waals surface area contributed by atoms with Crippen molar-refractivity contribution in [1.29, 1.82) is 0 Å². The van der Waals surface area contributed by atoms with E-state index in [9.17, 15) is 4.79 Å². The average Bonchev–Trinajstić information content (AvgIpc) is 2.79. The highest BCUT2D eigenvalue weighted by Gasteiger charge is 2.22. The summed E-state index contributed by atoms with van der Waals surface area (Å²) >= 11 is 4.93. The van der Waals surface area contributed by atoms with Crippen LogP contribution in [0.5, 0.6) is 0 Å². The Bertz CT molecular complexity index is 771. The zero-order valence-electron chi connectivity index (χ0n) is 14.8. The molecule has 0 aromatic heterocycles. The van der Waals surface area contributed by atoms with Crippen molar-refractivity contribution in [1.82, 2.24) is 4.31 Å². The van der Waals surface area contributed by atoms with Gasteiger partial charge in [0, 0.05) is 34.3 Å². The van der Waals surface area contributed by atoms with Gasteiger partial charge in [0.1, 0.15) is 0 Å². The number of rotatable bonds is 6. The van der Waals surface area contributed by atoms with Crippen LogP contribution in [0.15, 0.2) is 52.3 Å². The Labute approximate surface area is 167 Å². The van der Waals surface area contributed by atoms with E-state index in [4.69, 9.17) is 5.11 Å². The second-order valence-corrected chi connectivity index (χ2v) is 9.03. The molecule has 0 unspecified atom stereocenters. The lowest BCUT2D eigenvalue weighted by Crippen LogP contribution is -2.24. The first kappa shape index (κ1) is 19.5. The van der Waals surface area contributed by atoms with Gasteiger partial charge in [-0.3, -0.25) is 4.79 Å². The molecule has 7 heteroatoms. The number of benzene rings is 2. The fourth-order valence-corrected chi connectivity index (χ4v) is 5.29. The van der Waals surface area contributed by atoms with Crippen LogP contribution >= 0.6 is 35.5 Å². The van der Waals surface area contributed by atoms with Crippen LogP contribution < -0.4 is 4.90 Å². The van der Waals surface area contributed by atoms with E-state index in [0.717, 1.165) is 13.1 Å². The van der Waals surface area contributed by atoms with Crippen molar-refractivity contribution in [2.45, 2.75) is 15.5 Å². The molecule has 0 saturated heterocycles. The Hall–Kier alpha value is -1.28. The second kappa shape index (κ2) is 9.08. The SMILES string of the molecule is CSc1cc2c(cc1CSCC(=O)O)SN(C)CCN2c1ccccc1. The molecule has 1 heterocycles. The van der Waals surface area contributed by atoms with Crippen molar-refractivity contribution in [3.8, 4) is 0 Å². The monoisotopic (exact) mass is 406 g/mol. The van der Waals surface area contributed by atoms with Gasteiger partial charge in [0.05, 0.1) is 11.4 Å². The van der Waals surface area contributed by atoms with Crippen molar-refractivity contribution in [2.24, 2.45) is 0 Å². The molecule has 2 aromatic carbocycles. The molecule has 138 valence electrons. The van der Waals surface area contributed by atoms with Crippen LogP contribution in [0.2, 0.25) is 0 Å². The fraction of sp³-hybridized carbons (Fsp3) is 0.316. The van der Waals surface area contributed by atoms with Gasteiger partial charge >= 0.3 is 5.97 Å². The lowest BCUT2D eigenvalue weighted by atomic mass is 10.2. The molecule has 0 radical (unpaired) electrons. The van der Waals surface area contributed by atoms with Crippen LogP contribution in [-0.2, 0) is 10.5 Å². The molecule has 4 nitrogen and oxygen atoms in total. The lowest BCUT2D eigenvalue weighted by molar-refractivity contribution is -0.133. The maximum atomic E-state index is 10.8. The van der Waals surface area contributed by atoms with Crippen LogP contribution in [-0.4, -0.2) is 47.5 Å². The van der Waals surface area contributed by atoms with Crippen LogP contribution in [0.1, 0.15) is 5.56 Å². The Morgan fingerprint density at radius 2 is 2.00 bits per heavy atom. The summed E-state index contributed by atoms with van der Waals surface area (Å²) < 4.78 is 2.26. The van der Waals surface area contributed by atoms with E-state index in [1.807, 2.05) is 6.07 Å². The highest BCUT2D eigenvalue weighted by Crippen LogP contribution is 2.42. The molecule has 3 rings (SSSR count). The predicted octanol–water partition coefficient (Wildman–Crippen LogP) is 4.82.